The molecule has 1 fully saturated rings. The van der Waals surface area contributed by atoms with Gasteiger partial charge >= 0.3 is 0 Å². The van der Waals surface area contributed by atoms with Crippen LogP contribution in [0, 0.1) is 19.8 Å². The molecule has 1 aliphatic heterocycles. The molecule has 0 amide bonds. The van der Waals surface area contributed by atoms with Crippen LogP contribution in [0.3, 0.4) is 0 Å². The predicted molar refractivity (Wildman–Crippen MR) is 81.6 cm³/mol. The zero-order valence-corrected chi connectivity index (χ0v) is 12.8. The van der Waals surface area contributed by atoms with Gasteiger partial charge in [-0.25, -0.2) is 0 Å². The highest BCUT2D eigenvalue weighted by Gasteiger charge is 2.24. The molecule has 0 aliphatic carbocycles. The van der Waals surface area contributed by atoms with Crippen molar-refractivity contribution in [1.82, 2.24) is 5.32 Å². The first kappa shape index (κ1) is 15.0. The molecule has 1 saturated heterocycles. The van der Waals surface area contributed by atoms with Crippen LogP contribution in [0.5, 0.6) is 5.75 Å². The molecule has 1 aliphatic rings. The van der Waals surface area contributed by atoms with Crippen LogP contribution in [0.25, 0.3) is 0 Å². The SMILES string of the molecule is CCCOc1cc(C)c(C(=O)C2CCCNC2)c(C)c1. The number of piperidine rings is 1. The van der Waals surface area contributed by atoms with Crippen molar-refractivity contribution in [3.05, 3.63) is 28.8 Å². The van der Waals surface area contributed by atoms with Gasteiger partial charge in [0, 0.05) is 18.0 Å². The molecule has 20 heavy (non-hydrogen) atoms. The van der Waals surface area contributed by atoms with E-state index in [9.17, 15) is 4.79 Å². The summed E-state index contributed by atoms with van der Waals surface area (Å²) < 4.78 is 5.67. The molecule has 3 nitrogen and oxygen atoms in total. The molecule has 1 atom stereocenters. The first-order chi connectivity index (χ1) is 9.63. The van der Waals surface area contributed by atoms with E-state index in [-0.39, 0.29) is 11.7 Å². The van der Waals surface area contributed by atoms with Gasteiger partial charge in [0.15, 0.2) is 5.78 Å². The Balaban J connectivity index is 2.20. The van der Waals surface area contributed by atoms with Crippen molar-refractivity contribution in [3.8, 4) is 5.75 Å². The molecule has 0 bridgehead atoms. The second kappa shape index (κ2) is 6.89. The van der Waals surface area contributed by atoms with Crippen LogP contribution in [0.1, 0.15) is 47.7 Å². The Morgan fingerprint density at radius 1 is 1.35 bits per heavy atom. The van der Waals surface area contributed by atoms with Gasteiger partial charge in [0.05, 0.1) is 6.61 Å². The van der Waals surface area contributed by atoms with Crippen LogP contribution >= 0.6 is 0 Å². The monoisotopic (exact) mass is 275 g/mol. The maximum atomic E-state index is 12.7. The number of hydrogen-bond donors (Lipinski definition) is 1. The van der Waals surface area contributed by atoms with Gasteiger partial charge in [0.2, 0.25) is 0 Å². The van der Waals surface area contributed by atoms with Crippen LogP contribution in [-0.2, 0) is 0 Å². The van der Waals surface area contributed by atoms with Crippen LogP contribution in [0.2, 0.25) is 0 Å². The number of hydrogen-bond acceptors (Lipinski definition) is 3. The molecule has 1 unspecified atom stereocenters. The first-order valence-electron chi connectivity index (χ1n) is 7.62. The molecule has 1 N–H and O–H groups in total. The minimum atomic E-state index is 0.128. The lowest BCUT2D eigenvalue weighted by atomic mass is 9.87. The van der Waals surface area contributed by atoms with E-state index in [0.717, 1.165) is 61.4 Å². The largest absolute Gasteiger partial charge is 0.494 e. The van der Waals surface area contributed by atoms with Crippen molar-refractivity contribution in [2.45, 2.75) is 40.0 Å². The number of ether oxygens (including phenoxy) is 1. The molecule has 0 spiro atoms. The molecule has 1 aromatic carbocycles. The second-order valence-electron chi connectivity index (χ2n) is 5.69. The second-order valence-corrected chi connectivity index (χ2v) is 5.69. The van der Waals surface area contributed by atoms with Crippen molar-refractivity contribution in [2.75, 3.05) is 19.7 Å². The number of nitrogens with one attached hydrogen (secondary N) is 1. The smallest absolute Gasteiger partial charge is 0.167 e. The van der Waals surface area contributed by atoms with E-state index in [2.05, 4.69) is 12.2 Å². The van der Waals surface area contributed by atoms with E-state index < -0.39 is 0 Å². The molecule has 110 valence electrons. The summed E-state index contributed by atoms with van der Waals surface area (Å²) >= 11 is 0. The molecule has 0 radical (unpaired) electrons. The lowest BCUT2D eigenvalue weighted by Gasteiger charge is -2.23. The number of rotatable bonds is 5. The van der Waals surface area contributed by atoms with Gasteiger partial charge in [-0.05, 0) is 62.9 Å². The van der Waals surface area contributed by atoms with Crippen LogP contribution in [0.15, 0.2) is 12.1 Å². The summed E-state index contributed by atoms with van der Waals surface area (Å²) in [5.41, 5.74) is 2.96. The number of benzene rings is 1. The van der Waals surface area contributed by atoms with Crippen LogP contribution in [0.4, 0.5) is 0 Å². The van der Waals surface area contributed by atoms with Gasteiger partial charge < -0.3 is 10.1 Å². The number of ketones is 1. The lowest BCUT2D eigenvalue weighted by molar-refractivity contribution is 0.0898. The fourth-order valence-electron chi connectivity index (χ4n) is 2.90. The summed E-state index contributed by atoms with van der Waals surface area (Å²) in [6.45, 7) is 8.67. The van der Waals surface area contributed by atoms with Crippen molar-refractivity contribution in [1.29, 1.82) is 0 Å². The first-order valence-corrected chi connectivity index (χ1v) is 7.62. The van der Waals surface area contributed by atoms with E-state index in [4.69, 9.17) is 4.74 Å². The fraction of sp³-hybridized carbons (Fsp3) is 0.588. The summed E-state index contributed by atoms with van der Waals surface area (Å²) in [6, 6.07) is 3.98. The summed E-state index contributed by atoms with van der Waals surface area (Å²) in [6.07, 6.45) is 3.08. The number of carbonyl (C=O) groups excluding carboxylic acids is 1. The number of carbonyl (C=O) groups is 1. The Morgan fingerprint density at radius 2 is 2.05 bits per heavy atom. The van der Waals surface area contributed by atoms with Gasteiger partial charge in [0.1, 0.15) is 5.75 Å². The van der Waals surface area contributed by atoms with Crippen molar-refractivity contribution >= 4 is 5.78 Å². The summed E-state index contributed by atoms with van der Waals surface area (Å²) in [5.74, 6) is 1.29. The average Bonchev–Trinajstić information content (AvgIpc) is 2.45. The Labute approximate surface area is 121 Å². The predicted octanol–water partition coefficient (Wildman–Crippen LogP) is 3.27. The highest BCUT2D eigenvalue weighted by Crippen LogP contribution is 2.26. The van der Waals surface area contributed by atoms with E-state index in [1.807, 2.05) is 26.0 Å². The average molecular weight is 275 g/mol. The fourth-order valence-corrected chi connectivity index (χ4v) is 2.90. The van der Waals surface area contributed by atoms with Crippen LogP contribution < -0.4 is 10.1 Å². The lowest BCUT2D eigenvalue weighted by Crippen LogP contribution is -2.34. The topological polar surface area (TPSA) is 38.3 Å². The van der Waals surface area contributed by atoms with Crippen LogP contribution in [-0.4, -0.2) is 25.5 Å². The molecular weight excluding hydrogens is 250 g/mol. The minimum absolute atomic E-state index is 0.128. The third-order valence-electron chi connectivity index (χ3n) is 3.89. The summed E-state index contributed by atoms with van der Waals surface area (Å²) in [5, 5.41) is 3.32. The maximum Gasteiger partial charge on any atom is 0.167 e. The number of aryl methyl sites for hydroxylation is 2. The molecular formula is C17H25NO2. The minimum Gasteiger partial charge on any atom is -0.494 e. The van der Waals surface area contributed by atoms with E-state index in [1.165, 1.54) is 0 Å². The van der Waals surface area contributed by atoms with E-state index in [1.54, 1.807) is 0 Å². The van der Waals surface area contributed by atoms with E-state index in [0.29, 0.717) is 0 Å². The van der Waals surface area contributed by atoms with Crippen molar-refractivity contribution in [2.24, 2.45) is 5.92 Å². The van der Waals surface area contributed by atoms with Crippen molar-refractivity contribution in [3.63, 3.8) is 0 Å². The van der Waals surface area contributed by atoms with Gasteiger partial charge in [0.25, 0.3) is 0 Å². The zero-order chi connectivity index (χ0) is 14.5. The maximum absolute atomic E-state index is 12.7. The molecule has 3 heteroatoms. The normalized spacial score (nSPS) is 18.9. The Kier molecular flexibility index (Phi) is 5.18. The Morgan fingerprint density at radius 3 is 2.60 bits per heavy atom. The Hall–Kier alpha value is -1.35. The zero-order valence-electron chi connectivity index (χ0n) is 12.8. The molecule has 1 heterocycles. The quantitative estimate of drug-likeness (QED) is 0.838. The Bertz CT molecular complexity index is 453. The standard InChI is InChI=1S/C17H25NO2/c1-4-8-20-15-9-12(2)16(13(3)10-15)17(19)14-6-5-7-18-11-14/h9-10,14,18H,4-8,11H2,1-3H3. The third kappa shape index (κ3) is 3.40. The van der Waals surface area contributed by atoms with Gasteiger partial charge in [-0.1, -0.05) is 6.92 Å². The highest BCUT2D eigenvalue weighted by molar-refractivity contribution is 6.00. The van der Waals surface area contributed by atoms with Gasteiger partial charge in [-0.3, -0.25) is 4.79 Å². The molecule has 2 rings (SSSR count). The summed E-state index contributed by atoms with van der Waals surface area (Å²) in [7, 11) is 0. The van der Waals surface area contributed by atoms with Crippen molar-refractivity contribution < 1.29 is 9.53 Å². The van der Waals surface area contributed by atoms with Gasteiger partial charge in [-0.2, -0.15) is 0 Å². The number of Topliss-reactive ketones (excluding diaryl/α,β-unsaturated/α-hetero) is 1. The molecule has 1 aromatic rings. The van der Waals surface area contributed by atoms with E-state index >= 15 is 0 Å². The molecule has 0 aromatic heterocycles. The van der Waals surface area contributed by atoms with Gasteiger partial charge in [-0.15, -0.1) is 0 Å². The third-order valence-corrected chi connectivity index (χ3v) is 3.89. The molecule has 0 saturated carbocycles. The summed E-state index contributed by atoms with van der Waals surface area (Å²) in [4.78, 5) is 12.7. The highest BCUT2D eigenvalue weighted by atomic mass is 16.5.